The van der Waals surface area contributed by atoms with E-state index >= 15 is 0 Å². The van der Waals surface area contributed by atoms with Crippen LogP contribution in [0.5, 0.6) is 0 Å². The zero-order valence-corrected chi connectivity index (χ0v) is 11.4. The maximum atomic E-state index is 12.0. The summed E-state index contributed by atoms with van der Waals surface area (Å²) in [6.45, 7) is 6.20. The number of carbonyl (C=O) groups is 1. The largest absolute Gasteiger partial charge is 0.356 e. The molecule has 0 aromatic rings. The number of methoxy groups -OCH3 is 1. The molecule has 4 heteroatoms. The molecule has 94 valence electrons. The molecule has 3 nitrogen and oxygen atoms in total. The van der Waals surface area contributed by atoms with Gasteiger partial charge in [-0.1, -0.05) is 32.5 Å². The highest BCUT2D eigenvalue weighted by atomic mass is 32.2. The van der Waals surface area contributed by atoms with E-state index in [4.69, 9.17) is 9.47 Å². The van der Waals surface area contributed by atoms with E-state index < -0.39 is 0 Å². The Labute approximate surface area is 102 Å². The van der Waals surface area contributed by atoms with Crippen molar-refractivity contribution in [3.8, 4) is 0 Å². The van der Waals surface area contributed by atoms with Crippen LogP contribution in [-0.4, -0.2) is 30.4 Å². The molecule has 1 heterocycles. The van der Waals surface area contributed by atoms with Gasteiger partial charge in [-0.05, 0) is 24.5 Å². The minimum Gasteiger partial charge on any atom is -0.356 e. The molecule has 0 saturated carbocycles. The SMILES string of the molecule is CCSC(=O)[C@H]1CC[C@@H](OC)O[C@@H]1C(C)C. The Balaban J connectivity index is 2.64. The highest BCUT2D eigenvalue weighted by molar-refractivity contribution is 8.13. The van der Waals surface area contributed by atoms with Crippen LogP contribution in [0.15, 0.2) is 0 Å². The molecule has 0 bridgehead atoms. The molecule has 0 unspecified atom stereocenters. The predicted molar refractivity (Wildman–Crippen MR) is 66.4 cm³/mol. The van der Waals surface area contributed by atoms with E-state index in [-0.39, 0.29) is 23.4 Å². The van der Waals surface area contributed by atoms with Crippen LogP contribution < -0.4 is 0 Å². The fourth-order valence-corrected chi connectivity index (χ4v) is 2.87. The smallest absolute Gasteiger partial charge is 0.194 e. The fraction of sp³-hybridized carbons (Fsp3) is 0.917. The third-order valence-corrected chi connectivity index (χ3v) is 3.80. The van der Waals surface area contributed by atoms with E-state index in [0.717, 1.165) is 18.6 Å². The molecular weight excluding hydrogens is 224 g/mol. The van der Waals surface area contributed by atoms with Crippen LogP contribution in [0, 0.1) is 11.8 Å². The first-order valence-electron chi connectivity index (χ1n) is 5.95. The van der Waals surface area contributed by atoms with Crippen molar-refractivity contribution in [1.82, 2.24) is 0 Å². The Bertz CT molecular complexity index is 230. The van der Waals surface area contributed by atoms with Gasteiger partial charge in [-0.3, -0.25) is 4.79 Å². The van der Waals surface area contributed by atoms with Crippen LogP contribution >= 0.6 is 11.8 Å². The van der Waals surface area contributed by atoms with E-state index in [2.05, 4.69) is 13.8 Å². The second kappa shape index (κ2) is 6.62. The second-order valence-electron chi connectivity index (χ2n) is 4.45. The molecule has 1 aliphatic rings. The highest BCUT2D eigenvalue weighted by Crippen LogP contribution is 2.33. The molecule has 0 amide bonds. The molecule has 1 saturated heterocycles. The number of ether oxygens (including phenoxy) is 2. The summed E-state index contributed by atoms with van der Waals surface area (Å²) in [5, 5.41) is 0.274. The van der Waals surface area contributed by atoms with Crippen LogP contribution in [0.1, 0.15) is 33.6 Å². The Morgan fingerprint density at radius 2 is 2.19 bits per heavy atom. The third kappa shape index (κ3) is 3.47. The molecule has 0 aromatic carbocycles. The Hall–Kier alpha value is -0.0600. The lowest BCUT2D eigenvalue weighted by molar-refractivity contribution is -0.206. The molecule has 0 N–H and O–H groups in total. The summed E-state index contributed by atoms with van der Waals surface area (Å²) in [7, 11) is 1.66. The minimum absolute atomic E-state index is 0.00486. The maximum absolute atomic E-state index is 12.0. The van der Waals surface area contributed by atoms with Gasteiger partial charge in [-0.15, -0.1) is 0 Å². The van der Waals surface area contributed by atoms with E-state index in [1.165, 1.54) is 11.8 Å². The number of rotatable bonds is 4. The van der Waals surface area contributed by atoms with Crippen LogP contribution in [0.2, 0.25) is 0 Å². The fourth-order valence-electron chi connectivity index (χ4n) is 2.11. The van der Waals surface area contributed by atoms with E-state index in [1.54, 1.807) is 7.11 Å². The van der Waals surface area contributed by atoms with Crippen LogP contribution in [0.25, 0.3) is 0 Å². The lowest BCUT2D eigenvalue weighted by Crippen LogP contribution is -2.42. The maximum Gasteiger partial charge on any atom is 0.194 e. The number of thioether (sulfide) groups is 1. The molecular formula is C12H22O3S. The van der Waals surface area contributed by atoms with Crippen molar-refractivity contribution < 1.29 is 14.3 Å². The van der Waals surface area contributed by atoms with Crippen molar-refractivity contribution in [1.29, 1.82) is 0 Å². The van der Waals surface area contributed by atoms with Crippen molar-refractivity contribution in [2.75, 3.05) is 12.9 Å². The standard InChI is InChI=1S/C12H22O3S/c1-5-16-12(13)9-6-7-10(14-4)15-11(9)8(2)3/h8-11H,5-7H2,1-4H3/t9-,10-,11+/m0/s1. The summed E-state index contributed by atoms with van der Waals surface area (Å²) < 4.78 is 11.0. The molecule has 1 aliphatic heterocycles. The van der Waals surface area contributed by atoms with Gasteiger partial charge in [-0.2, -0.15) is 0 Å². The monoisotopic (exact) mass is 246 g/mol. The van der Waals surface area contributed by atoms with Gasteiger partial charge in [0.15, 0.2) is 11.4 Å². The van der Waals surface area contributed by atoms with Crippen molar-refractivity contribution >= 4 is 16.9 Å². The quantitative estimate of drug-likeness (QED) is 0.764. The molecule has 16 heavy (non-hydrogen) atoms. The Morgan fingerprint density at radius 1 is 1.50 bits per heavy atom. The third-order valence-electron chi connectivity index (χ3n) is 2.93. The minimum atomic E-state index is -0.136. The van der Waals surface area contributed by atoms with Crippen LogP contribution in [0.3, 0.4) is 0 Å². The normalized spacial score (nSPS) is 30.7. The highest BCUT2D eigenvalue weighted by Gasteiger charge is 2.37. The van der Waals surface area contributed by atoms with Crippen LogP contribution in [0.4, 0.5) is 0 Å². The lowest BCUT2D eigenvalue weighted by Gasteiger charge is -2.37. The zero-order valence-electron chi connectivity index (χ0n) is 10.6. The van der Waals surface area contributed by atoms with E-state index in [0.29, 0.717) is 5.92 Å². The summed E-state index contributed by atoms with van der Waals surface area (Å²) in [6, 6.07) is 0. The molecule has 1 fully saturated rings. The van der Waals surface area contributed by atoms with Crippen molar-refractivity contribution in [2.45, 2.75) is 46.0 Å². The van der Waals surface area contributed by atoms with Crippen LogP contribution in [-0.2, 0) is 14.3 Å². The summed E-state index contributed by atoms with van der Waals surface area (Å²) in [5.74, 6) is 1.23. The van der Waals surface area contributed by atoms with Gasteiger partial charge in [0.2, 0.25) is 0 Å². The first-order chi connectivity index (χ1) is 7.60. The number of carbonyl (C=O) groups excluding carboxylic acids is 1. The van der Waals surface area contributed by atoms with Gasteiger partial charge in [0, 0.05) is 7.11 Å². The second-order valence-corrected chi connectivity index (χ2v) is 5.71. The molecule has 3 atom stereocenters. The first kappa shape index (κ1) is 14.0. The first-order valence-corrected chi connectivity index (χ1v) is 6.93. The Kier molecular flexibility index (Phi) is 5.79. The van der Waals surface area contributed by atoms with Crippen molar-refractivity contribution in [3.63, 3.8) is 0 Å². The average molecular weight is 246 g/mol. The summed E-state index contributed by atoms with van der Waals surface area (Å²) in [4.78, 5) is 12.0. The average Bonchev–Trinajstić information content (AvgIpc) is 2.28. The Morgan fingerprint density at radius 3 is 2.69 bits per heavy atom. The van der Waals surface area contributed by atoms with Gasteiger partial charge in [0.1, 0.15) is 0 Å². The molecule has 0 aliphatic carbocycles. The lowest BCUT2D eigenvalue weighted by atomic mass is 9.88. The van der Waals surface area contributed by atoms with Crippen molar-refractivity contribution in [3.05, 3.63) is 0 Å². The van der Waals surface area contributed by atoms with Gasteiger partial charge >= 0.3 is 0 Å². The van der Waals surface area contributed by atoms with Gasteiger partial charge < -0.3 is 9.47 Å². The summed E-state index contributed by atoms with van der Waals surface area (Å²) in [5.41, 5.74) is 0. The molecule has 0 spiro atoms. The van der Waals surface area contributed by atoms with E-state index in [1.807, 2.05) is 6.92 Å². The number of hydrogen-bond donors (Lipinski definition) is 0. The molecule has 0 aromatic heterocycles. The van der Waals surface area contributed by atoms with Gasteiger partial charge in [0.05, 0.1) is 12.0 Å². The zero-order chi connectivity index (χ0) is 12.1. The summed E-state index contributed by atoms with van der Waals surface area (Å²) >= 11 is 1.41. The number of hydrogen-bond acceptors (Lipinski definition) is 4. The predicted octanol–water partition coefficient (Wildman–Crippen LogP) is 2.69. The molecule has 0 radical (unpaired) electrons. The van der Waals surface area contributed by atoms with Gasteiger partial charge in [0.25, 0.3) is 0 Å². The van der Waals surface area contributed by atoms with Crippen molar-refractivity contribution in [2.24, 2.45) is 11.8 Å². The molecule has 1 rings (SSSR count). The summed E-state index contributed by atoms with van der Waals surface area (Å²) in [6.07, 6.45) is 1.57. The topological polar surface area (TPSA) is 35.5 Å². The van der Waals surface area contributed by atoms with Gasteiger partial charge in [-0.25, -0.2) is 0 Å². The van der Waals surface area contributed by atoms with E-state index in [9.17, 15) is 4.79 Å².